The van der Waals surface area contributed by atoms with Gasteiger partial charge in [-0.15, -0.1) is 0 Å². The fourth-order valence-corrected chi connectivity index (χ4v) is 3.51. The van der Waals surface area contributed by atoms with E-state index in [1.807, 2.05) is 19.9 Å². The van der Waals surface area contributed by atoms with Crippen molar-refractivity contribution in [2.24, 2.45) is 10.9 Å². The van der Waals surface area contributed by atoms with Crippen molar-refractivity contribution in [3.8, 4) is 11.5 Å². The molecule has 1 aliphatic heterocycles. The second-order valence-electron chi connectivity index (χ2n) is 7.21. The molecule has 1 aromatic carbocycles. The van der Waals surface area contributed by atoms with Gasteiger partial charge < -0.3 is 25.0 Å². The molecule has 28 heavy (non-hydrogen) atoms. The summed E-state index contributed by atoms with van der Waals surface area (Å²) in [7, 11) is 0. The van der Waals surface area contributed by atoms with Crippen LogP contribution in [0, 0.1) is 5.92 Å². The van der Waals surface area contributed by atoms with Gasteiger partial charge in [-0.3, -0.25) is 4.99 Å². The SMILES string of the molecule is CCNC(=NCC1CCN(CC)C1)NC(C)c1ccc(OCC)c(OCC)c1. The largest absolute Gasteiger partial charge is 0.490 e. The van der Waals surface area contributed by atoms with Gasteiger partial charge in [0.2, 0.25) is 0 Å². The van der Waals surface area contributed by atoms with E-state index in [0.717, 1.165) is 49.2 Å². The van der Waals surface area contributed by atoms with Gasteiger partial charge in [0.05, 0.1) is 19.3 Å². The highest BCUT2D eigenvalue weighted by atomic mass is 16.5. The minimum atomic E-state index is 0.114. The predicted octanol–water partition coefficient (Wildman–Crippen LogP) is 3.44. The van der Waals surface area contributed by atoms with Crippen molar-refractivity contribution in [3.63, 3.8) is 0 Å². The Morgan fingerprint density at radius 1 is 1.18 bits per heavy atom. The van der Waals surface area contributed by atoms with Crippen LogP contribution in [0.4, 0.5) is 0 Å². The molecule has 1 aliphatic rings. The lowest BCUT2D eigenvalue weighted by Gasteiger charge is -2.20. The van der Waals surface area contributed by atoms with Gasteiger partial charge in [0.1, 0.15) is 0 Å². The number of rotatable bonds is 10. The number of hydrogen-bond acceptors (Lipinski definition) is 4. The van der Waals surface area contributed by atoms with Crippen LogP contribution in [0.3, 0.4) is 0 Å². The number of nitrogens with one attached hydrogen (secondary N) is 2. The highest BCUT2D eigenvalue weighted by molar-refractivity contribution is 5.80. The van der Waals surface area contributed by atoms with Crippen molar-refractivity contribution in [2.45, 2.75) is 47.1 Å². The molecule has 2 atom stereocenters. The van der Waals surface area contributed by atoms with Crippen LogP contribution in [-0.4, -0.2) is 56.8 Å². The van der Waals surface area contributed by atoms with Crippen LogP contribution in [0.1, 0.15) is 52.6 Å². The van der Waals surface area contributed by atoms with Crippen molar-refractivity contribution in [2.75, 3.05) is 45.9 Å². The topological polar surface area (TPSA) is 58.1 Å². The molecular weight excluding hydrogens is 352 g/mol. The number of guanidine groups is 1. The molecule has 0 aliphatic carbocycles. The quantitative estimate of drug-likeness (QED) is 0.473. The molecule has 0 aromatic heterocycles. The second-order valence-corrected chi connectivity index (χ2v) is 7.21. The van der Waals surface area contributed by atoms with Crippen molar-refractivity contribution in [3.05, 3.63) is 23.8 Å². The molecular formula is C22H38N4O2. The summed E-state index contributed by atoms with van der Waals surface area (Å²) < 4.78 is 11.4. The van der Waals surface area contributed by atoms with Crippen molar-refractivity contribution in [1.29, 1.82) is 0 Å². The summed E-state index contributed by atoms with van der Waals surface area (Å²) >= 11 is 0. The van der Waals surface area contributed by atoms with E-state index in [4.69, 9.17) is 14.5 Å². The zero-order valence-electron chi connectivity index (χ0n) is 18.3. The van der Waals surface area contributed by atoms with Crippen LogP contribution < -0.4 is 20.1 Å². The zero-order valence-corrected chi connectivity index (χ0v) is 18.3. The van der Waals surface area contributed by atoms with Crippen LogP contribution in [0.25, 0.3) is 0 Å². The summed E-state index contributed by atoms with van der Waals surface area (Å²) in [5.74, 6) is 3.11. The van der Waals surface area contributed by atoms with Gasteiger partial charge in [-0.05, 0) is 70.8 Å². The standard InChI is InChI=1S/C22H38N4O2/c1-6-23-22(24-15-18-12-13-26(7-2)16-18)25-17(5)19-10-11-20(27-8-3)21(14-19)28-9-4/h10-11,14,17-18H,6-9,12-13,15-16H2,1-5H3,(H2,23,24,25). The van der Waals surface area contributed by atoms with E-state index in [1.165, 1.54) is 13.0 Å². The monoisotopic (exact) mass is 390 g/mol. The fraction of sp³-hybridized carbons (Fsp3) is 0.682. The first-order valence-electron chi connectivity index (χ1n) is 10.8. The van der Waals surface area contributed by atoms with Gasteiger partial charge in [0, 0.05) is 19.6 Å². The number of benzene rings is 1. The fourth-order valence-electron chi connectivity index (χ4n) is 3.51. The summed E-state index contributed by atoms with van der Waals surface area (Å²) in [6.45, 7) is 16.9. The van der Waals surface area contributed by atoms with E-state index in [9.17, 15) is 0 Å². The molecule has 0 amide bonds. The first kappa shape index (κ1) is 22.3. The molecule has 2 unspecified atom stereocenters. The van der Waals surface area contributed by atoms with Gasteiger partial charge in [0.25, 0.3) is 0 Å². The number of nitrogens with zero attached hydrogens (tertiary/aromatic N) is 2. The molecule has 6 nitrogen and oxygen atoms in total. The van der Waals surface area contributed by atoms with E-state index in [0.29, 0.717) is 19.1 Å². The highest BCUT2D eigenvalue weighted by Crippen LogP contribution is 2.30. The lowest BCUT2D eigenvalue weighted by atomic mass is 10.1. The van der Waals surface area contributed by atoms with Crippen molar-refractivity contribution < 1.29 is 9.47 Å². The number of ether oxygens (including phenoxy) is 2. The molecule has 1 aromatic rings. The van der Waals surface area contributed by atoms with Gasteiger partial charge in [-0.25, -0.2) is 0 Å². The van der Waals surface area contributed by atoms with Gasteiger partial charge in [0.15, 0.2) is 17.5 Å². The van der Waals surface area contributed by atoms with Crippen LogP contribution in [0.15, 0.2) is 23.2 Å². The Kier molecular flexibility index (Phi) is 9.41. The molecule has 2 N–H and O–H groups in total. The summed E-state index contributed by atoms with van der Waals surface area (Å²) in [5.41, 5.74) is 1.15. The molecule has 6 heteroatoms. The highest BCUT2D eigenvalue weighted by Gasteiger charge is 2.21. The molecule has 0 saturated carbocycles. The van der Waals surface area contributed by atoms with Gasteiger partial charge in [-0.1, -0.05) is 13.0 Å². The first-order chi connectivity index (χ1) is 13.6. The van der Waals surface area contributed by atoms with Gasteiger partial charge in [-0.2, -0.15) is 0 Å². The maximum Gasteiger partial charge on any atom is 0.191 e. The zero-order chi connectivity index (χ0) is 20.4. The Morgan fingerprint density at radius 3 is 2.57 bits per heavy atom. The maximum atomic E-state index is 5.77. The lowest BCUT2D eigenvalue weighted by molar-refractivity contribution is 0.287. The number of aliphatic imine (C=N–C) groups is 1. The van der Waals surface area contributed by atoms with Gasteiger partial charge >= 0.3 is 0 Å². The number of likely N-dealkylation sites (tertiary alicyclic amines) is 1. The summed E-state index contributed by atoms with van der Waals surface area (Å²) in [6.07, 6.45) is 1.24. The first-order valence-corrected chi connectivity index (χ1v) is 10.8. The van der Waals surface area contributed by atoms with Crippen molar-refractivity contribution in [1.82, 2.24) is 15.5 Å². The molecule has 0 bridgehead atoms. The second kappa shape index (κ2) is 11.8. The third kappa shape index (κ3) is 6.59. The van der Waals surface area contributed by atoms with Crippen LogP contribution in [0.5, 0.6) is 11.5 Å². The van der Waals surface area contributed by atoms with E-state index in [-0.39, 0.29) is 6.04 Å². The van der Waals surface area contributed by atoms with E-state index in [2.05, 4.69) is 48.4 Å². The Labute approximate surface area is 170 Å². The maximum absolute atomic E-state index is 5.77. The Bertz CT molecular complexity index is 621. The molecule has 2 rings (SSSR count). The molecule has 0 radical (unpaired) electrons. The molecule has 1 fully saturated rings. The summed E-state index contributed by atoms with van der Waals surface area (Å²) in [4.78, 5) is 7.35. The van der Waals surface area contributed by atoms with E-state index >= 15 is 0 Å². The Hall–Kier alpha value is -1.95. The smallest absolute Gasteiger partial charge is 0.191 e. The minimum Gasteiger partial charge on any atom is -0.490 e. The Balaban J connectivity index is 2.03. The molecule has 0 spiro atoms. The van der Waals surface area contributed by atoms with Crippen LogP contribution in [0.2, 0.25) is 0 Å². The third-order valence-corrected chi connectivity index (χ3v) is 5.09. The van der Waals surface area contributed by atoms with Crippen molar-refractivity contribution >= 4 is 5.96 Å². The van der Waals surface area contributed by atoms with Crippen LogP contribution >= 0.6 is 0 Å². The minimum absolute atomic E-state index is 0.114. The predicted molar refractivity (Wildman–Crippen MR) is 117 cm³/mol. The Morgan fingerprint density at radius 2 is 1.93 bits per heavy atom. The summed E-state index contributed by atoms with van der Waals surface area (Å²) in [5, 5.41) is 6.91. The molecule has 158 valence electrons. The normalized spacial score (nSPS) is 18.8. The van der Waals surface area contributed by atoms with E-state index < -0.39 is 0 Å². The number of hydrogen-bond donors (Lipinski definition) is 2. The molecule has 1 heterocycles. The third-order valence-electron chi connectivity index (χ3n) is 5.09. The average molecular weight is 391 g/mol. The molecule has 1 saturated heterocycles. The van der Waals surface area contributed by atoms with E-state index in [1.54, 1.807) is 0 Å². The summed E-state index contributed by atoms with van der Waals surface area (Å²) in [6, 6.07) is 6.25. The van der Waals surface area contributed by atoms with Crippen LogP contribution in [-0.2, 0) is 0 Å². The average Bonchev–Trinajstić information content (AvgIpc) is 3.16. The lowest BCUT2D eigenvalue weighted by Crippen LogP contribution is -2.39.